The Kier molecular flexibility index (Phi) is 4.44. The van der Waals surface area contributed by atoms with Crippen molar-refractivity contribution < 1.29 is 18.0 Å². The fraction of sp³-hybridized carbons (Fsp3) is 0.0714. The van der Waals surface area contributed by atoms with Crippen molar-refractivity contribution in [3.8, 4) is 0 Å². The van der Waals surface area contributed by atoms with Gasteiger partial charge in [0.2, 0.25) is 0 Å². The van der Waals surface area contributed by atoms with Crippen LogP contribution in [0.4, 0.5) is 29.3 Å². The van der Waals surface area contributed by atoms with Gasteiger partial charge in [-0.1, -0.05) is 12.1 Å². The maximum Gasteiger partial charge on any atom is 0.323 e. The average Bonchev–Trinajstić information content (AvgIpc) is 2.45. The second-order valence-corrected chi connectivity index (χ2v) is 4.23. The molecule has 0 aliphatic rings. The molecule has 0 aliphatic heterocycles. The molecule has 2 aromatic rings. The zero-order chi connectivity index (χ0) is 15.4. The van der Waals surface area contributed by atoms with Crippen LogP contribution in [0.15, 0.2) is 36.4 Å². The van der Waals surface area contributed by atoms with E-state index in [-0.39, 0.29) is 0 Å². The van der Waals surface area contributed by atoms with E-state index < -0.39 is 29.2 Å². The monoisotopic (exact) mass is 295 g/mol. The number of carbonyl (C=O) groups is 1. The molecule has 4 nitrogen and oxygen atoms in total. The highest BCUT2D eigenvalue weighted by Crippen LogP contribution is 2.19. The smallest absolute Gasteiger partial charge is 0.323 e. The van der Waals surface area contributed by atoms with Crippen LogP contribution in [0.5, 0.6) is 0 Å². The molecule has 4 N–H and O–H groups in total. The molecule has 0 saturated carbocycles. The Morgan fingerprint density at radius 2 is 1.71 bits per heavy atom. The highest BCUT2D eigenvalue weighted by molar-refractivity contribution is 5.99. The van der Waals surface area contributed by atoms with Gasteiger partial charge in [-0.15, -0.1) is 0 Å². The van der Waals surface area contributed by atoms with Crippen LogP contribution in [-0.4, -0.2) is 6.03 Å². The molecular weight excluding hydrogens is 283 g/mol. The van der Waals surface area contributed by atoms with Crippen molar-refractivity contribution >= 4 is 17.4 Å². The second kappa shape index (κ2) is 6.27. The Morgan fingerprint density at radius 1 is 1.05 bits per heavy atom. The summed E-state index contributed by atoms with van der Waals surface area (Å²) in [6, 6.07) is 6.88. The molecule has 2 aromatic carbocycles. The van der Waals surface area contributed by atoms with Gasteiger partial charge in [0.15, 0.2) is 11.6 Å². The minimum absolute atomic E-state index is 0.361. The largest absolute Gasteiger partial charge is 0.326 e. The average molecular weight is 295 g/mol. The number of halogens is 3. The van der Waals surface area contributed by atoms with Crippen molar-refractivity contribution in [2.45, 2.75) is 6.54 Å². The fourth-order valence-electron chi connectivity index (χ4n) is 1.66. The van der Waals surface area contributed by atoms with Crippen molar-refractivity contribution in [3.05, 3.63) is 59.4 Å². The first kappa shape index (κ1) is 14.9. The lowest BCUT2D eigenvalue weighted by Crippen LogP contribution is -2.20. The zero-order valence-corrected chi connectivity index (χ0v) is 10.8. The lowest BCUT2D eigenvalue weighted by atomic mass is 10.2. The summed E-state index contributed by atoms with van der Waals surface area (Å²) in [5, 5.41) is 4.44. The van der Waals surface area contributed by atoms with Crippen molar-refractivity contribution in [2.24, 2.45) is 5.73 Å². The predicted molar refractivity (Wildman–Crippen MR) is 73.3 cm³/mol. The SMILES string of the molecule is NCc1ccc(NC(=O)Nc2cc(F)cc(F)c2F)cc1. The van der Waals surface area contributed by atoms with E-state index in [4.69, 9.17) is 5.73 Å². The van der Waals surface area contributed by atoms with Crippen LogP contribution in [-0.2, 0) is 6.54 Å². The number of rotatable bonds is 3. The van der Waals surface area contributed by atoms with Crippen molar-refractivity contribution in [2.75, 3.05) is 10.6 Å². The molecular formula is C14H12F3N3O. The highest BCUT2D eigenvalue weighted by Gasteiger charge is 2.13. The number of carbonyl (C=O) groups excluding carboxylic acids is 1. The molecule has 21 heavy (non-hydrogen) atoms. The molecule has 0 unspecified atom stereocenters. The highest BCUT2D eigenvalue weighted by atomic mass is 19.2. The molecule has 0 radical (unpaired) electrons. The number of hydrogen-bond acceptors (Lipinski definition) is 2. The second-order valence-electron chi connectivity index (χ2n) is 4.23. The number of urea groups is 1. The van der Waals surface area contributed by atoms with Gasteiger partial charge in [0.25, 0.3) is 0 Å². The number of anilines is 2. The van der Waals surface area contributed by atoms with E-state index in [1.807, 2.05) is 5.32 Å². The molecule has 0 aromatic heterocycles. The lowest BCUT2D eigenvalue weighted by molar-refractivity contribution is 0.262. The molecule has 0 bridgehead atoms. The van der Waals surface area contributed by atoms with Gasteiger partial charge in [-0.2, -0.15) is 0 Å². The first-order chi connectivity index (χ1) is 9.99. The van der Waals surface area contributed by atoms with Crippen molar-refractivity contribution in [1.29, 1.82) is 0 Å². The van der Waals surface area contributed by atoms with E-state index in [0.29, 0.717) is 24.4 Å². The molecule has 110 valence electrons. The van der Waals surface area contributed by atoms with Crippen LogP contribution in [0.25, 0.3) is 0 Å². The van der Waals surface area contributed by atoms with Gasteiger partial charge < -0.3 is 16.4 Å². The Labute approximate surface area is 118 Å². The Balaban J connectivity index is 2.07. The van der Waals surface area contributed by atoms with Gasteiger partial charge in [0, 0.05) is 24.4 Å². The third kappa shape index (κ3) is 3.73. The van der Waals surface area contributed by atoms with Gasteiger partial charge in [-0.3, -0.25) is 0 Å². The summed E-state index contributed by atoms with van der Waals surface area (Å²) >= 11 is 0. The van der Waals surface area contributed by atoms with Crippen LogP contribution in [0, 0.1) is 17.5 Å². The molecule has 0 heterocycles. The molecule has 2 rings (SSSR count). The Hall–Kier alpha value is -2.54. The topological polar surface area (TPSA) is 67.1 Å². The van der Waals surface area contributed by atoms with Crippen LogP contribution >= 0.6 is 0 Å². The van der Waals surface area contributed by atoms with Gasteiger partial charge in [0.1, 0.15) is 5.82 Å². The van der Waals surface area contributed by atoms with Crippen molar-refractivity contribution in [1.82, 2.24) is 0 Å². The zero-order valence-electron chi connectivity index (χ0n) is 10.8. The molecule has 0 atom stereocenters. The summed E-state index contributed by atoms with van der Waals surface area (Å²) in [7, 11) is 0. The number of amides is 2. The maximum atomic E-state index is 13.4. The summed E-state index contributed by atoms with van der Waals surface area (Å²) in [6.07, 6.45) is 0. The van der Waals surface area contributed by atoms with Crippen LogP contribution < -0.4 is 16.4 Å². The predicted octanol–water partition coefficient (Wildman–Crippen LogP) is 3.21. The minimum Gasteiger partial charge on any atom is -0.326 e. The van der Waals surface area contributed by atoms with E-state index in [1.54, 1.807) is 24.3 Å². The Morgan fingerprint density at radius 3 is 2.33 bits per heavy atom. The molecule has 2 amide bonds. The Bertz CT molecular complexity index is 659. The lowest BCUT2D eigenvalue weighted by Gasteiger charge is -2.09. The maximum absolute atomic E-state index is 13.4. The molecule has 0 aliphatic carbocycles. The van der Waals surface area contributed by atoms with Gasteiger partial charge in [-0.05, 0) is 17.7 Å². The molecule has 7 heteroatoms. The molecule has 0 saturated heterocycles. The third-order valence-corrected chi connectivity index (χ3v) is 2.69. The van der Waals surface area contributed by atoms with E-state index >= 15 is 0 Å². The number of nitrogens with two attached hydrogens (primary N) is 1. The standard InChI is InChI=1S/C14H12F3N3O/c15-9-5-11(16)13(17)12(6-9)20-14(21)19-10-3-1-8(7-18)2-4-10/h1-6H,7,18H2,(H2,19,20,21). The number of hydrogen-bond donors (Lipinski definition) is 3. The van der Waals surface area contributed by atoms with Gasteiger partial charge in [-0.25, -0.2) is 18.0 Å². The summed E-state index contributed by atoms with van der Waals surface area (Å²) in [5.41, 5.74) is 6.16. The van der Waals surface area contributed by atoms with Crippen LogP contribution in [0.2, 0.25) is 0 Å². The normalized spacial score (nSPS) is 10.3. The van der Waals surface area contributed by atoms with E-state index in [1.165, 1.54) is 0 Å². The number of benzene rings is 2. The summed E-state index contributed by atoms with van der Waals surface area (Å²) in [4.78, 5) is 11.7. The summed E-state index contributed by atoms with van der Waals surface area (Å²) in [6.45, 7) is 0.361. The fourth-order valence-corrected chi connectivity index (χ4v) is 1.66. The van der Waals surface area contributed by atoms with E-state index in [2.05, 4.69) is 5.32 Å². The quantitative estimate of drug-likeness (QED) is 0.761. The first-order valence-electron chi connectivity index (χ1n) is 6.01. The van der Waals surface area contributed by atoms with Gasteiger partial charge in [0.05, 0.1) is 5.69 Å². The molecule has 0 spiro atoms. The number of nitrogens with one attached hydrogen (secondary N) is 2. The third-order valence-electron chi connectivity index (χ3n) is 2.69. The van der Waals surface area contributed by atoms with Gasteiger partial charge >= 0.3 is 6.03 Å². The van der Waals surface area contributed by atoms with Crippen molar-refractivity contribution in [3.63, 3.8) is 0 Å². The van der Waals surface area contributed by atoms with Crippen LogP contribution in [0.3, 0.4) is 0 Å². The summed E-state index contributed by atoms with van der Waals surface area (Å²) in [5.74, 6) is -3.70. The summed E-state index contributed by atoms with van der Waals surface area (Å²) < 4.78 is 39.4. The minimum atomic E-state index is -1.38. The molecule has 0 fully saturated rings. The van der Waals surface area contributed by atoms with Crippen LogP contribution in [0.1, 0.15) is 5.56 Å². The van der Waals surface area contributed by atoms with E-state index in [0.717, 1.165) is 5.56 Å². The first-order valence-corrected chi connectivity index (χ1v) is 6.01. The van der Waals surface area contributed by atoms with E-state index in [9.17, 15) is 18.0 Å².